The fourth-order valence-electron chi connectivity index (χ4n) is 0. The van der Waals surface area contributed by atoms with Gasteiger partial charge in [-0.25, -0.2) is 0 Å². The lowest BCUT2D eigenvalue weighted by atomic mass is 10.9. The summed E-state index contributed by atoms with van der Waals surface area (Å²) in [4.78, 5) is 0. The monoisotopic (exact) mass is 248 g/mol. The zero-order chi connectivity index (χ0) is 18.7. The van der Waals surface area contributed by atoms with Gasteiger partial charge in [0, 0.05) is 0 Å². The third-order valence-electron chi connectivity index (χ3n) is 0. The van der Waals surface area contributed by atoms with Crippen molar-refractivity contribution in [1.82, 2.24) is 0 Å². The topological polar surface area (TPSA) is 0 Å². The SMILES string of the molecule is C#C.C#C.C#C.C#C.C#C.C#C.C#C.C#C.C#CC. The van der Waals surface area contributed by atoms with Crippen LogP contribution in [0.2, 0.25) is 0 Å². The van der Waals surface area contributed by atoms with Crippen molar-refractivity contribution in [3.63, 3.8) is 0 Å². The van der Waals surface area contributed by atoms with E-state index in [0.717, 1.165) is 0 Å². The first-order chi connectivity index (χ1) is 9.41. The molecular weight excluding hydrogens is 228 g/mol. The van der Waals surface area contributed by atoms with Gasteiger partial charge in [-0.05, 0) is 6.92 Å². The molecule has 0 aliphatic heterocycles. The van der Waals surface area contributed by atoms with Crippen LogP contribution in [0.5, 0.6) is 0 Å². The molecule has 0 unspecified atom stereocenters. The summed E-state index contributed by atoms with van der Waals surface area (Å²) in [5.41, 5.74) is 0. The predicted octanol–water partition coefficient (Wildman–Crippen LogP) is 2.63. The van der Waals surface area contributed by atoms with E-state index >= 15 is 0 Å². The molecule has 0 heterocycles. The minimum Gasteiger partial charge on any atom is -0.124 e. The molecule has 0 spiro atoms. The van der Waals surface area contributed by atoms with E-state index < -0.39 is 0 Å². The number of hydrogen-bond donors (Lipinski definition) is 0. The molecule has 0 amide bonds. The van der Waals surface area contributed by atoms with Gasteiger partial charge in [0.15, 0.2) is 0 Å². The van der Waals surface area contributed by atoms with E-state index in [9.17, 15) is 0 Å². The molecule has 19 heavy (non-hydrogen) atoms. The predicted molar refractivity (Wildman–Crippen MR) is 93.6 cm³/mol. The van der Waals surface area contributed by atoms with Crippen molar-refractivity contribution in [1.29, 1.82) is 0 Å². The Balaban J connectivity index is -0.00000000851. The van der Waals surface area contributed by atoms with E-state index in [1.807, 2.05) is 0 Å². The second-order valence-electron chi connectivity index (χ2n) is 0.289. The summed E-state index contributed by atoms with van der Waals surface area (Å²) in [5, 5.41) is 0. The first-order valence-corrected chi connectivity index (χ1v) is 3.46. The molecule has 0 aliphatic carbocycles. The average Bonchev–Trinajstić information content (AvgIpc) is 2.62. The molecule has 0 rings (SSSR count). The van der Waals surface area contributed by atoms with Gasteiger partial charge in [0.1, 0.15) is 0 Å². The highest BCUT2D eigenvalue weighted by Gasteiger charge is 1.09. The summed E-state index contributed by atoms with van der Waals surface area (Å²) >= 11 is 0. The Morgan fingerprint density at radius 1 is 0.368 bits per heavy atom. The van der Waals surface area contributed by atoms with Crippen LogP contribution in [-0.4, -0.2) is 0 Å². The Bertz CT molecular complexity index is 175. The molecule has 0 aromatic carbocycles. The van der Waals surface area contributed by atoms with Crippen molar-refractivity contribution in [2.45, 2.75) is 6.92 Å². The Morgan fingerprint density at radius 3 is 0.368 bits per heavy atom. The third kappa shape index (κ3) is 130. The maximum absolute atomic E-state index is 4.60. The average molecular weight is 248 g/mol. The molecule has 0 aromatic rings. The van der Waals surface area contributed by atoms with Crippen LogP contribution in [0.1, 0.15) is 6.92 Å². The van der Waals surface area contributed by atoms with E-state index in [0.29, 0.717) is 0 Å². The molecule has 0 saturated carbocycles. The first kappa shape index (κ1) is 81.3. The summed E-state index contributed by atoms with van der Waals surface area (Å²) in [6.07, 6.45) is 68.6. The fraction of sp³-hybridized carbons (Fsp3) is 0.0526. The van der Waals surface area contributed by atoms with Crippen molar-refractivity contribution in [2.75, 3.05) is 0 Å². The fourth-order valence-corrected chi connectivity index (χ4v) is 0. The van der Waals surface area contributed by atoms with Gasteiger partial charge in [-0.1, -0.05) is 0 Å². The lowest BCUT2D eigenvalue weighted by molar-refractivity contribution is 1.94. The minimum absolute atomic E-state index is 1.65. The Kier molecular flexibility index (Phi) is 1170. The normalized spacial score (nSPS) is 1.26. The van der Waals surface area contributed by atoms with Gasteiger partial charge in [0.05, 0.1) is 0 Å². The largest absolute Gasteiger partial charge is 0.124 e. The molecule has 0 fully saturated rings. The van der Waals surface area contributed by atoms with E-state index in [1.54, 1.807) is 6.92 Å². The summed E-state index contributed by atoms with van der Waals surface area (Å²) in [6, 6.07) is 0. The summed E-state index contributed by atoms with van der Waals surface area (Å²) in [6.45, 7) is 1.65. The highest BCUT2D eigenvalue weighted by molar-refractivity contribution is 4.73. The van der Waals surface area contributed by atoms with Crippen LogP contribution in [-0.2, 0) is 0 Å². The van der Waals surface area contributed by atoms with E-state index in [1.165, 1.54) is 0 Å². The van der Waals surface area contributed by atoms with E-state index in [2.05, 4.69) is 115 Å². The lowest BCUT2D eigenvalue weighted by Gasteiger charge is -1.23. The van der Waals surface area contributed by atoms with Gasteiger partial charge >= 0.3 is 0 Å². The van der Waals surface area contributed by atoms with E-state index in [-0.39, 0.29) is 0 Å². The maximum atomic E-state index is 4.60. The van der Waals surface area contributed by atoms with Crippen molar-refractivity contribution in [2.24, 2.45) is 0 Å². The summed E-state index contributed by atoms with van der Waals surface area (Å²) in [7, 11) is 0. The van der Waals surface area contributed by atoms with Crippen LogP contribution in [0.25, 0.3) is 0 Å². The van der Waals surface area contributed by atoms with Crippen LogP contribution in [0, 0.1) is 115 Å². The van der Waals surface area contributed by atoms with Crippen LogP contribution in [0.3, 0.4) is 0 Å². The standard InChI is InChI=1S/C3H4.8C2H2/c1-3-2;8*1-2/h1H,2H3;8*1-2H. The first-order valence-electron chi connectivity index (χ1n) is 3.46. The van der Waals surface area contributed by atoms with Crippen molar-refractivity contribution >= 4 is 0 Å². The second-order valence-corrected chi connectivity index (χ2v) is 0.289. The molecule has 96 valence electrons. The van der Waals surface area contributed by atoms with Gasteiger partial charge in [-0.15, -0.1) is 115 Å². The third-order valence-corrected chi connectivity index (χ3v) is 0. The van der Waals surface area contributed by atoms with Gasteiger partial charge in [-0.2, -0.15) is 0 Å². The van der Waals surface area contributed by atoms with Gasteiger partial charge in [0.25, 0.3) is 0 Å². The second kappa shape index (κ2) is 272. The van der Waals surface area contributed by atoms with Crippen LogP contribution >= 0.6 is 0 Å². The van der Waals surface area contributed by atoms with Crippen molar-refractivity contribution in [3.8, 4) is 115 Å². The smallest absolute Gasteiger partial charge is 0.00297 e. The number of rotatable bonds is 0. The molecule has 0 saturated heterocycles. The Hall–Kier alpha value is -3.96. The summed E-state index contributed by atoms with van der Waals surface area (Å²) in [5.74, 6) is 2.25. The molecule has 0 atom stereocenters. The molecule has 0 radical (unpaired) electrons. The molecule has 0 nitrogen and oxygen atoms in total. The Morgan fingerprint density at radius 2 is 0.368 bits per heavy atom. The maximum Gasteiger partial charge on any atom is -0.00297 e. The quantitative estimate of drug-likeness (QED) is 0.578. The molecule has 0 aliphatic rings. The van der Waals surface area contributed by atoms with Gasteiger partial charge < -0.3 is 0 Å². The highest BCUT2D eigenvalue weighted by Crippen LogP contribution is 1.21. The number of hydrogen-bond acceptors (Lipinski definition) is 0. The van der Waals surface area contributed by atoms with Crippen LogP contribution in [0.15, 0.2) is 0 Å². The Labute approximate surface area is 122 Å². The van der Waals surface area contributed by atoms with Gasteiger partial charge in [0.2, 0.25) is 0 Å². The van der Waals surface area contributed by atoms with Crippen molar-refractivity contribution in [3.05, 3.63) is 0 Å². The van der Waals surface area contributed by atoms with Crippen LogP contribution in [0.4, 0.5) is 0 Å². The lowest BCUT2D eigenvalue weighted by Crippen LogP contribution is -1.10. The van der Waals surface area contributed by atoms with Crippen molar-refractivity contribution < 1.29 is 0 Å². The molecule has 0 aromatic heterocycles. The molecule has 0 heteroatoms. The molecule has 0 N–H and O–H groups in total. The van der Waals surface area contributed by atoms with E-state index in [4.69, 9.17) is 0 Å². The zero-order valence-electron chi connectivity index (χ0n) is 11.3. The highest BCUT2D eigenvalue weighted by atomic mass is 13.2. The number of terminal acetylenes is 9. The summed E-state index contributed by atoms with van der Waals surface area (Å²) < 4.78 is 0. The van der Waals surface area contributed by atoms with Crippen LogP contribution < -0.4 is 0 Å². The molecular formula is C19H20. The zero-order valence-corrected chi connectivity index (χ0v) is 11.3. The molecule has 0 bridgehead atoms. The van der Waals surface area contributed by atoms with Gasteiger partial charge in [-0.3, -0.25) is 0 Å². The minimum atomic E-state index is 1.65.